The van der Waals surface area contributed by atoms with Gasteiger partial charge in [0, 0.05) is 20.5 Å². The molecule has 0 spiro atoms. The second-order valence-electron chi connectivity index (χ2n) is 4.35. The molecule has 2 unspecified atom stereocenters. The van der Waals surface area contributed by atoms with Crippen molar-refractivity contribution in [1.82, 2.24) is 0 Å². The summed E-state index contributed by atoms with van der Waals surface area (Å²) in [6, 6.07) is 0. The van der Waals surface area contributed by atoms with E-state index in [-0.39, 0.29) is 11.9 Å². The zero-order valence-electron chi connectivity index (χ0n) is 10.7. The van der Waals surface area contributed by atoms with Crippen molar-refractivity contribution in [3.63, 3.8) is 0 Å². The molecule has 1 heterocycles. The van der Waals surface area contributed by atoms with Crippen molar-refractivity contribution in [2.45, 2.75) is 45.8 Å². The Labute approximate surface area is 101 Å². The molecule has 0 aliphatic carbocycles. The number of ether oxygens (including phenoxy) is 3. The van der Waals surface area contributed by atoms with Crippen LogP contribution in [0.3, 0.4) is 0 Å². The second kappa shape index (κ2) is 6.00. The van der Waals surface area contributed by atoms with Crippen LogP contribution in [0, 0.1) is 5.41 Å². The highest BCUT2D eigenvalue weighted by Crippen LogP contribution is 2.41. The zero-order valence-corrected chi connectivity index (χ0v) is 10.7. The average molecular weight is 244 g/mol. The number of rotatable bonds is 6. The minimum absolute atomic E-state index is 0.199. The molecule has 5 heteroatoms. The van der Waals surface area contributed by atoms with Gasteiger partial charge in [-0.1, -0.05) is 6.92 Å². The Bertz CT molecular complexity index is 289. The Morgan fingerprint density at radius 3 is 2.76 bits per heavy atom. The first-order valence-electron chi connectivity index (χ1n) is 5.91. The van der Waals surface area contributed by atoms with Crippen LogP contribution in [-0.2, 0) is 23.8 Å². The van der Waals surface area contributed by atoms with Crippen LogP contribution in [0.25, 0.3) is 0 Å². The monoisotopic (exact) mass is 244 g/mol. The number of esters is 2. The Kier molecular flexibility index (Phi) is 4.93. The van der Waals surface area contributed by atoms with Crippen LogP contribution in [0.5, 0.6) is 0 Å². The topological polar surface area (TPSA) is 61.8 Å². The van der Waals surface area contributed by atoms with E-state index in [0.29, 0.717) is 32.3 Å². The molecule has 0 aromatic rings. The molecule has 5 nitrogen and oxygen atoms in total. The summed E-state index contributed by atoms with van der Waals surface area (Å²) in [6.07, 6.45) is 2.19. The van der Waals surface area contributed by atoms with Crippen LogP contribution < -0.4 is 0 Å². The zero-order chi connectivity index (χ0) is 12.9. The van der Waals surface area contributed by atoms with E-state index in [4.69, 9.17) is 14.2 Å². The van der Waals surface area contributed by atoms with Crippen molar-refractivity contribution >= 4 is 11.9 Å². The molecular formula is C12H20O5. The summed E-state index contributed by atoms with van der Waals surface area (Å²) in [5.41, 5.74) is -0.471. The fraction of sp³-hybridized carbons (Fsp3) is 0.833. The summed E-state index contributed by atoms with van der Waals surface area (Å²) < 4.78 is 15.0. The predicted molar refractivity (Wildman–Crippen MR) is 60.1 cm³/mol. The van der Waals surface area contributed by atoms with Gasteiger partial charge < -0.3 is 14.2 Å². The molecule has 0 amide bonds. The maximum absolute atomic E-state index is 11.8. The van der Waals surface area contributed by atoms with Crippen LogP contribution in [-0.4, -0.2) is 31.9 Å². The molecular weight excluding hydrogens is 224 g/mol. The highest BCUT2D eigenvalue weighted by Gasteiger charge is 2.47. The average Bonchev–Trinajstić information content (AvgIpc) is 2.62. The maximum atomic E-state index is 11.8. The van der Waals surface area contributed by atoms with Crippen LogP contribution >= 0.6 is 0 Å². The lowest BCUT2D eigenvalue weighted by Gasteiger charge is -2.22. The first kappa shape index (κ1) is 14.0. The van der Waals surface area contributed by atoms with Gasteiger partial charge in [-0.05, 0) is 19.3 Å². The number of hydrogen-bond donors (Lipinski definition) is 0. The summed E-state index contributed by atoms with van der Waals surface area (Å²) in [5, 5.41) is 0. The highest BCUT2D eigenvalue weighted by atomic mass is 16.7. The van der Waals surface area contributed by atoms with Gasteiger partial charge in [0.2, 0.25) is 6.29 Å². The van der Waals surface area contributed by atoms with Crippen molar-refractivity contribution in [3.05, 3.63) is 0 Å². The van der Waals surface area contributed by atoms with E-state index in [2.05, 4.69) is 0 Å². The molecule has 1 rings (SSSR count). The van der Waals surface area contributed by atoms with Crippen LogP contribution in [0.4, 0.5) is 0 Å². The van der Waals surface area contributed by atoms with Gasteiger partial charge in [-0.25, -0.2) is 0 Å². The van der Waals surface area contributed by atoms with Gasteiger partial charge in [0.05, 0.1) is 12.0 Å². The summed E-state index contributed by atoms with van der Waals surface area (Å²) in [5.74, 6) is -0.492. The smallest absolute Gasteiger partial charge is 0.314 e. The van der Waals surface area contributed by atoms with Crippen LogP contribution in [0.2, 0.25) is 0 Å². The normalized spacial score (nSPS) is 27.9. The van der Waals surface area contributed by atoms with Crippen LogP contribution in [0.1, 0.15) is 39.5 Å². The lowest BCUT2D eigenvalue weighted by atomic mass is 9.79. The maximum Gasteiger partial charge on any atom is 0.314 e. The molecule has 0 bridgehead atoms. The minimum Gasteiger partial charge on any atom is -0.466 e. The molecule has 0 N–H and O–H groups in total. The summed E-state index contributed by atoms with van der Waals surface area (Å²) in [4.78, 5) is 22.4. The first-order chi connectivity index (χ1) is 8.04. The summed E-state index contributed by atoms with van der Waals surface area (Å²) >= 11 is 0. The third-order valence-electron chi connectivity index (χ3n) is 3.27. The van der Waals surface area contributed by atoms with Gasteiger partial charge in [-0.15, -0.1) is 0 Å². The second-order valence-corrected chi connectivity index (χ2v) is 4.35. The standard InChI is InChI=1S/C12H20O5/c1-4-12(6-5-7-16-9(2)13)8-10(15-3)17-11(12)14/h10H,4-8H2,1-3H3. The summed E-state index contributed by atoms with van der Waals surface area (Å²) in [6.45, 7) is 3.69. The van der Waals surface area contributed by atoms with Crippen molar-refractivity contribution in [3.8, 4) is 0 Å². The van der Waals surface area contributed by atoms with Gasteiger partial charge in [0.25, 0.3) is 0 Å². The Morgan fingerprint density at radius 1 is 1.59 bits per heavy atom. The van der Waals surface area contributed by atoms with E-state index in [1.54, 1.807) is 0 Å². The molecule has 1 aliphatic heterocycles. The van der Waals surface area contributed by atoms with Crippen molar-refractivity contribution in [2.75, 3.05) is 13.7 Å². The number of carbonyl (C=O) groups excluding carboxylic acids is 2. The first-order valence-corrected chi connectivity index (χ1v) is 5.91. The SMILES string of the molecule is CCC1(CCCOC(C)=O)CC(OC)OC1=O. The Hall–Kier alpha value is -1.10. The summed E-state index contributed by atoms with van der Waals surface area (Å²) in [7, 11) is 1.53. The van der Waals surface area contributed by atoms with E-state index >= 15 is 0 Å². The molecule has 0 radical (unpaired) electrons. The van der Waals surface area contributed by atoms with Gasteiger partial charge in [0.15, 0.2) is 0 Å². The van der Waals surface area contributed by atoms with E-state index in [9.17, 15) is 9.59 Å². The molecule has 2 atom stereocenters. The van der Waals surface area contributed by atoms with Gasteiger partial charge in [0.1, 0.15) is 0 Å². The molecule has 17 heavy (non-hydrogen) atoms. The Balaban J connectivity index is 2.46. The lowest BCUT2D eigenvalue weighted by molar-refractivity contribution is -0.161. The molecule has 0 aromatic heterocycles. The van der Waals surface area contributed by atoms with Crippen LogP contribution in [0.15, 0.2) is 0 Å². The van der Waals surface area contributed by atoms with Crippen molar-refractivity contribution < 1.29 is 23.8 Å². The third kappa shape index (κ3) is 3.43. The highest BCUT2D eigenvalue weighted by molar-refractivity contribution is 5.78. The van der Waals surface area contributed by atoms with Gasteiger partial charge in [-0.2, -0.15) is 0 Å². The largest absolute Gasteiger partial charge is 0.466 e. The van der Waals surface area contributed by atoms with Gasteiger partial charge >= 0.3 is 11.9 Å². The molecule has 0 aromatic carbocycles. The van der Waals surface area contributed by atoms with E-state index in [1.807, 2.05) is 6.92 Å². The third-order valence-corrected chi connectivity index (χ3v) is 3.27. The lowest BCUT2D eigenvalue weighted by Crippen LogP contribution is -2.26. The minimum atomic E-state index is -0.471. The molecule has 1 saturated heterocycles. The molecule has 0 saturated carbocycles. The van der Waals surface area contributed by atoms with Crippen molar-refractivity contribution in [2.24, 2.45) is 5.41 Å². The van der Waals surface area contributed by atoms with E-state index in [1.165, 1.54) is 14.0 Å². The quantitative estimate of drug-likeness (QED) is 0.525. The Morgan fingerprint density at radius 2 is 2.29 bits per heavy atom. The number of methoxy groups -OCH3 is 1. The predicted octanol–water partition coefficient (Wildman–Crippen LogP) is 1.65. The van der Waals surface area contributed by atoms with Gasteiger partial charge in [-0.3, -0.25) is 9.59 Å². The van der Waals surface area contributed by atoms with E-state index in [0.717, 1.165) is 0 Å². The molecule has 1 fully saturated rings. The van der Waals surface area contributed by atoms with Crippen molar-refractivity contribution in [1.29, 1.82) is 0 Å². The van der Waals surface area contributed by atoms with E-state index < -0.39 is 11.7 Å². The number of cyclic esters (lactones) is 1. The fourth-order valence-corrected chi connectivity index (χ4v) is 2.12. The molecule has 98 valence electrons. The molecule has 1 aliphatic rings. The number of carbonyl (C=O) groups is 2. The fourth-order valence-electron chi connectivity index (χ4n) is 2.12. The number of hydrogen-bond acceptors (Lipinski definition) is 5.